The number of hydrogen-bond donors (Lipinski definition) is 1. The molecular formula is C18H19FN4O4S3. The van der Waals surface area contributed by atoms with Crippen LogP contribution in [0.2, 0.25) is 0 Å². The van der Waals surface area contributed by atoms with Crippen molar-refractivity contribution >= 4 is 59.0 Å². The van der Waals surface area contributed by atoms with Crippen LogP contribution in [0.4, 0.5) is 15.2 Å². The molecule has 2 aromatic heterocycles. The van der Waals surface area contributed by atoms with E-state index in [1.54, 1.807) is 6.07 Å². The summed E-state index contributed by atoms with van der Waals surface area (Å²) in [6.45, 7) is 0.838. The zero-order valence-electron chi connectivity index (χ0n) is 16.2. The van der Waals surface area contributed by atoms with E-state index in [4.69, 9.17) is 4.74 Å². The lowest BCUT2D eigenvalue weighted by Gasteiger charge is -2.26. The number of nitrogens with one attached hydrogen (secondary N) is 1. The fourth-order valence-corrected chi connectivity index (χ4v) is 6.45. The maximum absolute atomic E-state index is 14.3. The van der Waals surface area contributed by atoms with Gasteiger partial charge in [-0.1, -0.05) is 11.3 Å². The average molecular weight is 471 g/mol. The van der Waals surface area contributed by atoms with Crippen LogP contribution in [-0.4, -0.2) is 64.0 Å². The van der Waals surface area contributed by atoms with E-state index in [1.165, 1.54) is 33.0 Å². The number of morpholine rings is 1. The summed E-state index contributed by atoms with van der Waals surface area (Å²) >= 11 is 2.72. The molecule has 0 bridgehead atoms. The molecule has 0 unspecified atom stereocenters. The quantitative estimate of drug-likeness (QED) is 0.617. The number of nitrogens with zero attached hydrogens (tertiary/aromatic N) is 3. The Kier molecular flexibility index (Phi) is 5.77. The molecule has 1 N–H and O–H groups in total. The van der Waals surface area contributed by atoms with Gasteiger partial charge in [0, 0.05) is 32.9 Å². The number of rotatable bonds is 5. The van der Waals surface area contributed by atoms with Crippen molar-refractivity contribution in [2.75, 3.05) is 50.6 Å². The minimum Gasteiger partial charge on any atom is -0.379 e. The number of anilines is 2. The molecule has 0 spiro atoms. The number of carbonyl (C=O) groups excluding carboxylic acids is 1. The number of thiazole rings is 1. The number of benzene rings is 1. The lowest BCUT2D eigenvalue weighted by molar-refractivity contribution is 0.0729. The Balaban J connectivity index is 1.57. The van der Waals surface area contributed by atoms with Gasteiger partial charge in [-0.15, -0.1) is 11.3 Å². The molecule has 0 atom stereocenters. The topological polar surface area (TPSA) is 91.8 Å². The van der Waals surface area contributed by atoms with Crippen LogP contribution >= 0.6 is 22.7 Å². The minimum atomic E-state index is -4.02. The van der Waals surface area contributed by atoms with Gasteiger partial charge in [-0.25, -0.2) is 17.8 Å². The number of carbonyl (C=O) groups is 1. The molecule has 160 valence electrons. The Morgan fingerprint density at radius 3 is 2.63 bits per heavy atom. The van der Waals surface area contributed by atoms with Crippen molar-refractivity contribution in [2.45, 2.75) is 4.90 Å². The number of ether oxygens (including phenoxy) is 1. The van der Waals surface area contributed by atoms with Crippen LogP contribution in [0.1, 0.15) is 9.67 Å². The van der Waals surface area contributed by atoms with Gasteiger partial charge < -0.3 is 15.0 Å². The van der Waals surface area contributed by atoms with Crippen molar-refractivity contribution in [3.8, 4) is 0 Å². The third-order valence-corrected chi connectivity index (χ3v) is 8.70. The lowest BCUT2D eigenvalue weighted by atomic mass is 10.3. The standard InChI is InChI=1S/C18H19FN4O4S3/c1-22(2)18-21-17-14(29-18)10-13(28-17)16(24)20-11-3-4-12(19)15(9-11)30(25,26)23-5-7-27-8-6-23/h3-4,9-10H,5-8H2,1-2H3,(H,20,24). The molecule has 1 saturated heterocycles. The van der Waals surface area contributed by atoms with Crippen molar-refractivity contribution in [3.63, 3.8) is 0 Å². The summed E-state index contributed by atoms with van der Waals surface area (Å²) in [5.74, 6) is -1.27. The highest BCUT2D eigenvalue weighted by Crippen LogP contribution is 2.34. The third-order valence-electron chi connectivity index (χ3n) is 4.46. The van der Waals surface area contributed by atoms with Gasteiger partial charge in [-0.05, 0) is 24.3 Å². The maximum atomic E-state index is 14.3. The molecule has 1 fully saturated rings. The first-order valence-corrected chi connectivity index (χ1v) is 12.1. The average Bonchev–Trinajstić information content (AvgIpc) is 3.29. The molecule has 3 heterocycles. The second-order valence-corrected chi connectivity index (χ2v) is 10.7. The summed E-state index contributed by atoms with van der Waals surface area (Å²) in [6, 6.07) is 5.27. The monoisotopic (exact) mass is 470 g/mol. The summed E-state index contributed by atoms with van der Waals surface area (Å²) in [5.41, 5.74) is 0.201. The van der Waals surface area contributed by atoms with Crippen LogP contribution in [-0.2, 0) is 14.8 Å². The van der Waals surface area contributed by atoms with Gasteiger partial charge in [0.15, 0.2) is 5.13 Å². The fourth-order valence-electron chi connectivity index (χ4n) is 2.92. The van der Waals surface area contributed by atoms with Gasteiger partial charge in [0.1, 0.15) is 15.5 Å². The number of halogens is 1. The molecule has 1 aliphatic heterocycles. The molecule has 0 radical (unpaired) electrons. The van der Waals surface area contributed by atoms with Gasteiger partial charge in [0.25, 0.3) is 5.91 Å². The molecule has 0 saturated carbocycles. The highest BCUT2D eigenvalue weighted by molar-refractivity contribution is 7.89. The van der Waals surface area contributed by atoms with E-state index in [9.17, 15) is 17.6 Å². The van der Waals surface area contributed by atoms with Crippen LogP contribution < -0.4 is 10.2 Å². The molecule has 30 heavy (non-hydrogen) atoms. The van der Waals surface area contributed by atoms with Crippen LogP contribution in [0.25, 0.3) is 9.53 Å². The minimum absolute atomic E-state index is 0.159. The first-order valence-electron chi connectivity index (χ1n) is 9.02. The van der Waals surface area contributed by atoms with Crippen molar-refractivity contribution in [3.05, 3.63) is 35.0 Å². The van der Waals surface area contributed by atoms with Gasteiger partial charge in [-0.3, -0.25) is 4.79 Å². The van der Waals surface area contributed by atoms with Crippen LogP contribution in [0.5, 0.6) is 0 Å². The maximum Gasteiger partial charge on any atom is 0.265 e. The van der Waals surface area contributed by atoms with E-state index < -0.39 is 26.6 Å². The highest BCUT2D eigenvalue weighted by atomic mass is 32.2. The molecule has 1 aromatic carbocycles. The van der Waals surface area contributed by atoms with Crippen molar-refractivity contribution in [1.82, 2.24) is 9.29 Å². The second kappa shape index (κ2) is 8.19. The second-order valence-electron chi connectivity index (χ2n) is 6.79. The number of hydrogen-bond acceptors (Lipinski definition) is 8. The number of aromatic nitrogens is 1. The highest BCUT2D eigenvalue weighted by Gasteiger charge is 2.29. The summed E-state index contributed by atoms with van der Waals surface area (Å²) in [5, 5.41) is 3.50. The van der Waals surface area contributed by atoms with Gasteiger partial charge >= 0.3 is 0 Å². The lowest BCUT2D eigenvalue weighted by Crippen LogP contribution is -2.40. The first kappa shape index (κ1) is 21.1. The molecule has 12 heteroatoms. The smallest absolute Gasteiger partial charge is 0.265 e. The van der Waals surface area contributed by atoms with E-state index in [2.05, 4.69) is 10.3 Å². The Labute approximate surface area is 180 Å². The molecule has 1 amide bonds. The zero-order chi connectivity index (χ0) is 21.5. The Hall–Kier alpha value is -2.12. The first-order chi connectivity index (χ1) is 14.3. The normalized spacial score (nSPS) is 15.4. The number of sulfonamides is 1. The Bertz CT molecular complexity index is 1170. The molecule has 0 aliphatic carbocycles. The summed E-state index contributed by atoms with van der Waals surface area (Å²) in [7, 11) is -0.232. The predicted octanol–water partition coefficient (Wildman–Crippen LogP) is 2.84. The van der Waals surface area contributed by atoms with E-state index in [1.807, 2.05) is 19.0 Å². The number of fused-ring (bicyclic) bond motifs is 1. The van der Waals surface area contributed by atoms with Gasteiger partial charge in [0.05, 0.1) is 22.8 Å². The van der Waals surface area contributed by atoms with Crippen molar-refractivity contribution in [2.24, 2.45) is 0 Å². The van der Waals surface area contributed by atoms with Crippen LogP contribution in [0.3, 0.4) is 0 Å². The number of thiophene rings is 1. The Morgan fingerprint density at radius 2 is 1.97 bits per heavy atom. The van der Waals surface area contributed by atoms with E-state index in [0.29, 0.717) is 4.88 Å². The molecular weight excluding hydrogens is 451 g/mol. The summed E-state index contributed by atoms with van der Waals surface area (Å²) in [6.07, 6.45) is 0. The third kappa shape index (κ3) is 4.05. The van der Waals surface area contributed by atoms with Crippen LogP contribution in [0.15, 0.2) is 29.2 Å². The van der Waals surface area contributed by atoms with Crippen LogP contribution in [0, 0.1) is 5.82 Å². The van der Waals surface area contributed by atoms with Gasteiger partial charge in [0.2, 0.25) is 10.0 Å². The zero-order valence-corrected chi connectivity index (χ0v) is 18.7. The summed E-state index contributed by atoms with van der Waals surface area (Å²) in [4.78, 5) is 19.7. The van der Waals surface area contributed by atoms with E-state index in [-0.39, 0.29) is 32.0 Å². The number of amides is 1. The largest absolute Gasteiger partial charge is 0.379 e. The molecule has 3 aromatic rings. The van der Waals surface area contributed by atoms with E-state index >= 15 is 0 Å². The van der Waals surface area contributed by atoms with E-state index in [0.717, 1.165) is 26.8 Å². The fraction of sp³-hybridized carbons (Fsp3) is 0.333. The predicted molar refractivity (Wildman–Crippen MR) is 116 cm³/mol. The Morgan fingerprint density at radius 1 is 1.23 bits per heavy atom. The molecule has 8 nitrogen and oxygen atoms in total. The van der Waals surface area contributed by atoms with Gasteiger partial charge in [-0.2, -0.15) is 4.31 Å². The molecule has 1 aliphatic rings. The van der Waals surface area contributed by atoms with Crippen molar-refractivity contribution < 1.29 is 22.3 Å². The molecule has 4 rings (SSSR count). The summed E-state index contributed by atoms with van der Waals surface area (Å²) < 4.78 is 47.1. The SMILES string of the molecule is CN(C)c1nc2sc(C(=O)Nc3ccc(F)c(S(=O)(=O)N4CCOCC4)c3)cc2s1. The van der Waals surface area contributed by atoms with Crippen molar-refractivity contribution in [1.29, 1.82) is 0 Å².